The molecule has 1 aromatic carbocycles. The van der Waals surface area contributed by atoms with Crippen LogP contribution in [0.2, 0.25) is 0 Å². The molecule has 2 rings (SSSR count). The Bertz CT molecular complexity index is 3270. The number of rotatable bonds is 27. The highest BCUT2D eigenvalue weighted by atomic mass is 16.6. The van der Waals surface area contributed by atoms with E-state index in [0.717, 1.165) is 13.8 Å². The smallest absolute Gasteiger partial charge is 0.407 e. The summed E-state index contributed by atoms with van der Waals surface area (Å²) >= 11 is 0. The molecule has 19 N–H and O–H groups in total. The molecule has 1 aromatic rings. The minimum Gasteiger partial charge on any atom is -0.444 e. The fourth-order valence-electron chi connectivity index (χ4n) is 10.1. The molecule has 12 atom stereocenters. The molecule has 1 heterocycles. The van der Waals surface area contributed by atoms with Gasteiger partial charge in [-0.1, -0.05) is 44.2 Å². The number of aliphatic hydroxyl groups excluding tert-OH is 2. The van der Waals surface area contributed by atoms with Gasteiger partial charge >= 0.3 is 30.5 Å². The van der Waals surface area contributed by atoms with Crippen LogP contribution in [0.4, 0.5) is 24.0 Å². The van der Waals surface area contributed by atoms with Crippen LogP contribution >= 0.6 is 0 Å². The third-order valence-corrected chi connectivity index (χ3v) is 15.1. The Morgan fingerprint density at radius 1 is 0.455 bits per heavy atom. The van der Waals surface area contributed by atoms with Gasteiger partial charge in [-0.3, -0.25) is 47.9 Å². The molecule has 0 radical (unpaired) electrons. The summed E-state index contributed by atoms with van der Waals surface area (Å²) in [5.74, 6) is -11.4. The summed E-state index contributed by atoms with van der Waals surface area (Å²) in [4.78, 5) is 211. The molecule has 1 saturated heterocycles. The van der Waals surface area contributed by atoms with E-state index in [1.165, 1.54) is 0 Å². The van der Waals surface area contributed by atoms with Crippen LogP contribution in [-0.2, 0) is 78.1 Å². The molecule has 2 unspecified atom stereocenters. The maximum atomic E-state index is 15.2. The average molecular weight is 1560 g/mol. The van der Waals surface area contributed by atoms with Crippen molar-refractivity contribution in [1.29, 1.82) is 0 Å². The summed E-state index contributed by atoms with van der Waals surface area (Å²) < 4.78 is 26.7. The Morgan fingerprint density at radius 3 is 1.22 bits per heavy atom. The third kappa shape index (κ3) is 40.5. The van der Waals surface area contributed by atoms with Crippen LogP contribution in [-0.4, -0.2) is 240 Å². The molecule has 1 aliphatic heterocycles. The fraction of sp³-hybridized carbons (Fsp3) is 0.708. The van der Waals surface area contributed by atoms with Gasteiger partial charge in [0.25, 0.3) is 0 Å². The van der Waals surface area contributed by atoms with E-state index in [4.69, 9.17) is 29.4 Å². The van der Waals surface area contributed by atoms with Crippen LogP contribution in [0, 0.1) is 5.92 Å². The predicted octanol–water partition coefficient (Wildman–Crippen LogP) is -0.179. The van der Waals surface area contributed by atoms with E-state index >= 15 is 19.2 Å². The van der Waals surface area contributed by atoms with Crippen LogP contribution < -0.4 is 85.5 Å². The number of alkyl carbamates (subject to hydrolysis) is 5. The van der Waals surface area contributed by atoms with Crippen molar-refractivity contribution in [3.8, 4) is 0 Å². The number of amides is 15. The van der Waals surface area contributed by atoms with Crippen molar-refractivity contribution in [2.24, 2.45) is 11.7 Å². The minimum atomic E-state index is -1.92. The number of aliphatic hydroxyl groups is 2. The quantitative estimate of drug-likeness (QED) is 0.0508. The van der Waals surface area contributed by atoms with Crippen molar-refractivity contribution in [3.63, 3.8) is 0 Å². The summed E-state index contributed by atoms with van der Waals surface area (Å²) in [6.45, 7) is 27.3. The molecule has 0 aliphatic carbocycles. The molecular formula is C72H122N16O22. The van der Waals surface area contributed by atoms with Crippen LogP contribution in [0.15, 0.2) is 30.3 Å². The molecule has 0 saturated carbocycles. The lowest BCUT2D eigenvalue weighted by Crippen LogP contribution is -2.62. The fourth-order valence-corrected chi connectivity index (χ4v) is 10.1. The van der Waals surface area contributed by atoms with E-state index in [9.17, 15) is 63.0 Å². The van der Waals surface area contributed by atoms with E-state index in [1.807, 2.05) is 0 Å². The molecule has 622 valence electrons. The number of nitrogens with two attached hydrogens (primary N) is 1. The third-order valence-electron chi connectivity index (χ3n) is 15.1. The number of benzene rings is 1. The van der Waals surface area contributed by atoms with Crippen molar-refractivity contribution in [2.45, 2.75) is 284 Å². The van der Waals surface area contributed by atoms with E-state index in [0.29, 0.717) is 5.56 Å². The lowest BCUT2D eigenvalue weighted by atomic mass is 10.00. The standard InChI is InChI=1S/C72H122N16O22/c1-39(2)37-49-59(97)83-45(27-33-76-64(102)107-69(8,9)10)55(93)82-48(30-36-79-67(105)110-72(17,18)19)58(96)88-51(40(3)89)61(99)74-32-26-44(54(92)81-46(28-34-77-65(103)108-70(11,12)13)57(95)86-50(60(98)85-49)38-42-23-21-20-22-24-42)80-56(94)47(29-35-78-66(104)109-71(14,15)16)84-62(100)52(41(4)90)87-53(91)43(73)25-31-75-63(101)106-68(5,6)7/h20-24,39-41,43-52,89-90H,25-38,73H2,1-19H3,(H,74,99)(H,75,101)(H,76,102)(H,77,103)(H,78,104)(H,79,105)(H,80,94)(H,81,92)(H,82,93)(H,83,97)(H,84,100)(H,85,98)(H,86,95)(H,87,91)(H,88,96)/t40?,41?,43-,44-,45-,46-,47-,48-,49-,50+,51-,52-/m0/s1. The molecule has 0 bridgehead atoms. The van der Waals surface area contributed by atoms with Gasteiger partial charge < -0.3 is 119 Å². The largest absolute Gasteiger partial charge is 0.444 e. The van der Waals surface area contributed by atoms with Crippen LogP contribution in [0.3, 0.4) is 0 Å². The SMILES string of the molecule is CC(C)C[C@@H]1NC(=O)[C@@H](Cc2ccccc2)NC(=O)[C@H](CCNC(=O)OC(C)(C)C)NC(=O)[C@@H](NC(=O)[C@H](CCNC(=O)OC(C)(C)C)NC(=O)[C@@H](NC(=O)[C@@H](N)CCNC(=O)OC(C)(C)C)C(C)O)CCNC(=O)[C@H](C(C)O)NC(=O)[C@H](CCNC(=O)OC(C)(C)C)NC(=O)[C@H](CCNC(=O)OC(C)(C)C)NC1=O. The molecule has 15 amide bonds. The Labute approximate surface area is 643 Å². The van der Waals surface area contributed by atoms with Gasteiger partial charge in [0.15, 0.2) is 0 Å². The lowest BCUT2D eigenvalue weighted by molar-refractivity contribution is -0.136. The highest BCUT2D eigenvalue weighted by Gasteiger charge is 2.39. The molecular weight excluding hydrogens is 1440 g/mol. The Balaban J connectivity index is 3.06. The first-order chi connectivity index (χ1) is 50.7. The maximum Gasteiger partial charge on any atom is 0.407 e. The van der Waals surface area contributed by atoms with E-state index in [1.54, 1.807) is 148 Å². The van der Waals surface area contributed by atoms with Gasteiger partial charge in [-0.05, 0) is 174 Å². The molecule has 0 spiro atoms. The molecule has 1 aliphatic rings. The topological polar surface area (TPSA) is 549 Å². The van der Waals surface area contributed by atoms with Crippen molar-refractivity contribution >= 4 is 89.5 Å². The zero-order valence-corrected chi connectivity index (χ0v) is 66.9. The molecule has 38 heteroatoms. The molecule has 1 fully saturated rings. The van der Waals surface area contributed by atoms with Crippen LogP contribution in [0.25, 0.3) is 0 Å². The number of carbonyl (C=O) groups is 15. The Kier molecular flexibility index (Phi) is 39.1. The molecule has 38 nitrogen and oxygen atoms in total. The normalized spacial score (nSPS) is 20.5. The maximum absolute atomic E-state index is 15.2. The number of nitrogens with one attached hydrogen (secondary N) is 15. The van der Waals surface area contributed by atoms with Crippen molar-refractivity contribution in [1.82, 2.24) is 79.8 Å². The number of ether oxygens (including phenoxy) is 5. The van der Waals surface area contributed by atoms with Crippen molar-refractivity contribution < 1.29 is 106 Å². The summed E-state index contributed by atoms with van der Waals surface area (Å²) in [5, 5.41) is 59.8. The summed E-state index contributed by atoms with van der Waals surface area (Å²) in [5.41, 5.74) is 1.77. The summed E-state index contributed by atoms with van der Waals surface area (Å²) in [6.07, 6.45) is -11.1. The van der Waals surface area contributed by atoms with Crippen molar-refractivity contribution in [2.75, 3.05) is 39.3 Å². The number of hydrogen-bond acceptors (Lipinski definition) is 23. The summed E-state index contributed by atoms with van der Waals surface area (Å²) in [6, 6.07) is -8.97. The van der Waals surface area contributed by atoms with Gasteiger partial charge in [0.2, 0.25) is 59.1 Å². The highest BCUT2D eigenvalue weighted by molar-refractivity contribution is 5.99. The minimum absolute atomic E-state index is 0.116. The zero-order chi connectivity index (χ0) is 83.8. The number of hydrogen-bond donors (Lipinski definition) is 18. The first-order valence-electron chi connectivity index (χ1n) is 36.7. The van der Waals surface area contributed by atoms with E-state index in [2.05, 4.69) is 79.8 Å². The van der Waals surface area contributed by atoms with Gasteiger partial charge in [-0.15, -0.1) is 0 Å². The Hall–Kier alpha value is -9.85. The molecule has 0 aromatic heterocycles. The van der Waals surface area contributed by atoms with Gasteiger partial charge in [-0.25, -0.2) is 24.0 Å². The van der Waals surface area contributed by atoms with Gasteiger partial charge in [-0.2, -0.15) is 0 Å². The lowest BCUT2D eigenvalue weighted by Gasteiger charge is -2.29. The summed E-state index contributed by atoms with van der Waals surface area (Å²) in [7, 11) is 0. The average Bonchev–Trinajstić information content (AvgIpc) is 0.958. The zero-order valence-electron chi connectivity index (χ0n) is 66.9. The monoisotopic (exact) mass is 1560 g/mol. The van der Waals surface area contributed by atoms with Crippen LogP contribution in [0.5, 0.6) is 0 Å². The first-order valence-corrected chi connectivity index (χ1v) is 36.7. The second-order valence-corrected chi connectivity index (χ2v) is 32.0. The van der Waals surface area contributed by atoms with E-state index in [-0.39, 0.29) is 44.8 Å². The van der Waals surface area contributed by atoms with Gasteiger partial charge in [0.05, 0.1) is 18.2 Å². The predicted molar refractivity (Wildman–Crippen MR) is 400 cm³/mol. The van der Waals surface area contributed by atoms with Crippen molar-refractivity contribution in [3.05, 3.63) is 35.9 Å². The van der Waals surface area contributed by atoms with Gasteiger partial charge in [0, 0.05) is 45.7 Å². The second-order valence-electron chi connectivity index (χ2n) is 32.0. The Morgan fingerprint density at radius 2 is 0.818 bits per heavy atom. The van der Waals surface area contributed by atoms with Crippen LogP contribution in [0.1, 0.15) is 182 Å². The van der Waals surface area contributed by atoms with E-state index < -0.39 is 242 Å². The highest BCUT2D eigenvalue weighted by Crippen LogP contribution is 2.15. The molecule has 110 heavy (non-hydrogen) atoms. The number of carbonyl (C=O) groups excluding carboxylic acids is 15. The van der Waals surface area contributed by atoms with Gasteiger partial charge in [0.1, 0.15) is 82.4 Å². The first kappa shape index (κ1) is 96.2. The second kappa shape index (κ2) is 44.7.